The van der Waals surface area contributed by atoms with Crippen LogP contribution in [0.25, 0.3) is 0 Å². The smallest absolute Gasteiger partial charge is 0.382 e. The molecule has 10 heteroatoms. The summed E-state index contributed by atoms with van der Waals surface area (Å²) in [7, 11) is 0. The number of nitrogens with zero attached hydrogens (tertiary/aromatic N) is 1. The zero-order valence-electron chi connectivity index (χ0n) is 9.72. The fourth-order valence-electron chi connectivity index (χ4n) is 1.27. The van der Waals surface area contributed by atoms with Crippen molar-refractivity contribution in [3.05, 3.63) is 29.6 Å². The average Bonchev–Trinajstić information content (AvgIpc) is 2.25. The van der Waals surface area contributed by atoms with E-state index in [-0.39, 0.29) is 11.3 Å². The molecule has 0 fully saturated rings. The van der Waals surface area contributed by atoms with Crippen LogP contribution in [0.4, 0.5) is 26.3 Å². The monoisotopic (exact) mass is 301 g/mol. The maximum atomic E-state index is 12.2. The van der Waals surface area contributed by atoms with Gasteiger partial charge in [-0.25, -0.2) is 0 Å². The number of halogens is 6. The third-order valence-electron chi connectivity index (χ3n) is 2.11. The van der Waals surface area contributed by atoms with Crippen LogP contribution in [0.1, 0.15) is 11.3 Å². The molecule has 0 amide bonds. The number of hydrogen-bond acceptors (Lipinski definition) is 3. The number of amidine groups is 1. The molecule has 1 heterocycles. The van der Waals surface area contributed by atoms with Crippen molar-refractivity contribution in [3.8, 4) is 0 Å². The zero-order chi connectivity index (χ0) is 15.6. The van der Waals surface area contributed by atoms with Crippen molar-refractivity contribution in [2.45, 2.75) is 25.1 Å². The number of hydrogen-bond donors (Lipinski definition) is 2. The second-order valence-electron chi connectivity index (χ2n) is 3.74. The van der Waals surface area contributed by atoms with E-state index < -0.39 is 30.9 Å². The van der Waals surface area contributed by atoms with Crippen LogP contribution in [0.5, 0.6) is 0 Å². The average molecular weight is 301 g/mol. The highest BCUT2D eigenvalue weighted by Crippen LogP contribution is 2.36. The molecule has 0 spiro atoms. The summed E-state index contributed by atoms with van der Waals surface area (Å²) in [5.74, 6) is -0.463. The molecule has 0 aliphatic carbocycles. The van der Waals surface area contributed by atoms with Gasteiger partial charge in [-0.3, -0.25) is 10.4 Å². The first-order chi connectivity index (χ1) is 9.01. The van der Waals surface area contributed by atoms with E-state index in [0.717, 1.165) is 18.3 Å². The Kier molecular flexibility index (Phi) is 4.58. The van der Waals surface area contributed by atoms with Crippen LogP contribution in [0.3, 0.4) is 0 Å². The van der Waals surface area contributed by atoms with E-state index in [4.69, 9.17) is 11.1 Å². The Hall–Kier alpha value is -1.84. The van der Waals surface area contributed by atoms with E-state index >= 15 is 0 Å². The molecular formula is C10H9F6N3O. The summed E-state index contributed by atoms with van der Waals surface area (Å²) in [4.78, 5) is 3.61. The molecule has 0 saturated carbocycles. The van der Waals surface area contributed by atoms with Crippen molar-refractivity contribution in [3.63, 3.8) is 0 Å². The summed E-state index contributed by atoms with van der Waals surface area (Å²) in [5.41, 5.74) is 5.02. The maximum Gasteiger partial charge on any atom is 0.423 e. The van der Waals surface area contributed by atoms with Crippen molar-refractivity contribution in [2.75, 3.05) is 0 Å². The van der Waals surface area contributed by atoms with E-state index in [9.17, 15) is 26.3 Å². The first-order valence-electron chi connectivity index (χ1n) is 5.06. The summed E-state index contributed by atoms with van der Waals surface area (Å²) < 4.78 is 77.2. The van der Waals surface area contributed by atoms with Gasteiger partial charge < -0.3 is 10.5 Å². The maximum absolute atomic E-state index is 12.2. The standard InChI is InChI=1S/C10H9F6N3O/c11-9(12,13)8(10(14,15)16)20-4-5-1-2-19-6(3-5)7(17)18/h1-3,8H,4H2,(H3,17,18). The molecule has 1 aromatic rings. The van der Waals surface area contributed by atoms with Gasteiger partial charge in [0.1, 0.15) is 11.5 Å². The summed E-state index contributed by atoms with van der Waals surface area (Å²) in [6, 6.07) is 2.24. The Morgan fingerprint density at radius 2 is 1.80 bits per heavy atom. The van der Waals surface area contributed by atoms with Crippen LogP contribution in [-0.2, 0) is 11.3 Å². The van der Waals surface area contributed by atoms with Crippen LogP contribution in [0, 0.1) is 5.41 Å². The first-order valence-corrected chi connectivity index (χ1v) is 5.06. The number of nitrogen functional groups attached to an aromatic ring is 1. The molecule has 0 atom stereocenters. The lowest BCUT2D eigenvalue weighted by atomic mass is 10.2. The summed E-state index contributed by atoms with van der Waals surface area (Å²) in [5, 5.41) is 7.06. The quantitative estimate of drug-likeness (QED) is 0.509. The largest absolute Gasteiger partial charge is 0.423 e. The van der Waals surface area contributed by atoms with Gasteiger partial charge in [0.25, 0.3) is 0 Å². The predicted molar refractivity (Wildman–Crippen MR) is 55.9 cm³/mol. The van der Waals surface area contributed by atoms with Gasteiger partial charge in [0.15, 0.2) is 0 Å². The van der Waals surface area contributed by atoms with E-state index in [2.05, 4.69) is 9.72 Å². The number of nitrogens with one attached hydrogen (secondary N) is 1. The third kappa shape index (κ3) is 4.37. The molecule has 0 aliphatic heterocycles. The first kappa shape index (κ1) is 16.2. The van der Waals surface area contributed by atoms with Gasteiger partial charge >= 0.3 is 12.4 Å². The second-order valence-corrected chi connectivity index (χ2v) is 3.74. The van der Waals surface area contributed by atoms with Crippen molar-refractivity contribution >= 4 is 5.84 Å². The molecule has 0 aliphatic rings. The van der Waals surface area contributed by atoms with Crippen molar-refractivity contribution in [1.29, 1.82) is 5.41 Å². The highest BCUT2D eigenvalue weighted by molar-refractivity contribution is 5.93. The Morgan fingerprint density at radius 1 is 1.25 bits per heavy atom. The van der Waals surface area contributed by atoms with E-state index in [1.807, 2.05) is 0 Å². The molecule has 3 N–H and O–H groups in total. The van der Waals surface area contributed by atoms with Crippen LogP contribution >= 0.6 is 0 Å². The van der Waals surface area contributed by atoms with Crippen molar-refractivity contribution < 1.29 is 31.1 Å². The van der Waals surface area contributed by atoms with Gasteiger partial charge in [0.2, 0.25) is 6.10 Å². The van der Waals surface area contributed by atoms with Crippen LogP contribution in [-0.4, -0.2) is 29.3 Å². The minimum absolute atomic E-state index is 0.0105. The Labute approximate surface area is 109 Å². The SMILES string of the molecule is N=C(N)c1cc(COC(C(F)(F)F)C(F)(F)F)ccn1. The van der Waals surface area contributed by atoms with Gasteiger partial charge in [-0.1, -0.05) is 0 Å². The van der Waals surface area contributed by atoms with Gasteiger partial charge in [-0.15, -0.1) is 0 Å². The number of rotatable bonds is 4. The number of ether oxygens (including phenoxy) is 1. The molecule has 1 rings (SSSR count). The molecule has 0 bridgehead atoms. The van der Waals surface area contributed by atoms with E-state index in [0.29, 0.717) is 0 Å². The van der Waals surface area contributed by atoms with Crippen molar-refractivity contribution in [2.24, 2.45) is 5.73 Å². The lowest BCUT2D eigenvalue weighted by Gasteiger charge is -2.23. The van der Waals surface area contributed by atoms with Crippen molar-refractivity contribution in [1.82, 2.24) is 4.98 Å². The number of pyridine rings is 1. The minimum atomic E-state index is -5.56. The van der Waals surface area contributed by atoms with Gasteiger partial charge in [-0.05, 0) is 17.7 Å². The fourth-order valence-corrected chi connectivity index (χ4v) is 1.27. The predicted octanol–water partition coefficient (Wildman–Crippen LogP) is 2.38. The lowest BCUT2D eigenvalue weighted by Crippen LogP contribution is -2.44. The zero-order valence-corrected chi connectivity index (χ0v) is 9.72. The number of nitrogens with two attached hydrogens (primary N) is 1. The topological polar surface area (TPSA) is 72.0 Å². The molecule has 0 saturated heterocycles. The lowest BCUT2D eigenvalue weighted by molar-refractivity contribution is -0.324. The fraction of sp³-hybridized carbons (Fsp3) is 0.400. The minimum Gasteiger partial charge on any atom is -0.382 e. The molecule has 0 aromatic carbocycles. The summed E-state index contributed by atoms with van der Waals surface area (Å²) >= 11 is 0. The highest BCUT2D eigenvalue weighted by Gasteiger charge is 2.57. The summed E-state index contributed by atoms with van der Waals surface area (Å²) in [6.07, 6.45) is -13.9. The molecule has 112 valence electrons. The van der Waals surface area contributed by atoms with Gasteiger partial charge in [0, 0.05) is 6.20 Å². The molecule has 0 unspecified atom stereocenters. The number of aromatic nitrogens is 1. The summed E-state index contributed by atoms with van der Waals surface area (Å²) in [6.45, 7) is -0.938. The molecule has 20 heavy (non-hydrogen) atoms. The van der Waals surface area contributed by atoms with Crippen LogP contribution in [0.2, 0.25) is 0 Å². The van der Waals surface area contributed by atoms with Gasteiger partial charge in [0.05, 0.1) is 6.61 Å². The Balaban J connectivity index is 2.83. The van der Waals surface area contributed by atoms with E-state index in [1.165, 1.54) is 0 Å². The molecule has 1 aromatic heterocycles. The second kappa shape index (κ2) is 5.65. The molecular weight excluding hydrogens is 292 g/mol. The normalized spacial score (nSPS) is 12.8. The van der Waals surface area contributed by atoms with Crippen LogP contribution in [0.15, 0.2) is 18.3 Å². The molecule has 0 radical (unpaired) electrons. The van der Waals surface area contributed by atoms with Gasteiger partial charge in [-0.2, -0.15) is 26.3 Å². The number of alkyl halides is 6. The van der Waals surface area contributed by atoms with E-state index in [1.54, 1.807) is 0 Å². The Bertz CT molecular complexity index is 471. The molecule has 4 nitrogen and oxygen atoms in total. The third-order valence-corrected chi connectivity index (χ3v) is 2.11. The Morgan fingerprint density at radius 3 is 2.25 bits per heavy atom. The highest BCUT2D eigenvalue weighted by atomic mass is 19.4. The van der Waals surface area contributed by atoms with Crippen LogP contribution < -0.4 is 5.73 Å².